The average Bonchev–Trinajstić information content (AvgIpc) is 3.06. The minimum atomic E-state index is -3.46. The maximum absolute atomic E-state index is 13.2. The van der Waals surface area contributed by atoms with E-state index in [0.29, 0.717) is 10.9 Å². The molecule has 2 bridgehead atoms. The maximum Gasteiger partial charge on any atom is 0.260 e. The first-order valence-electron chi connectivity index (χ1n) is 9.29. The molecule has 25 heavy (non-hydrogen) atoms. The van der Waals surface area contributed by atoms with Gasteiger partial charge in [-0.05, 0) is 44.6 Å². The molecule has 0 aromatic carbocycles. The van der Waals surface area contributed by atoms with Crippen LogP contribution in [0.5, 0.6) is 0 Å². The number of ether oxygens (including phenoxy) is 1. The van der Waals surface area contributed by atoms with Crippen molar-refractivity contribution in [1.82, 2.24) is 19.0 Å². The molecule has 1 aromatic heterocycles. The highest BCUT2D eigenvalue weighted by molar-refractivity contribution is 7.89. The first-order chi connectivity index (χ1) is 11.9. The smallest absolute Gasteiger partial charge is 0.260 e. The number of aromatic nitrogens is 2. The fourth-order valence-electron chi connectivity index (χ4n) is 4.87. The van der Waals surface area contributed by atoms with Crippen LogP contribution in [-0.4, -0.2) is 72.3 Å². The molecule has 8 heteroatoms. The van der Waals surface area contributed by atoms with Gasteiger partial charge in [0.25, 0.3) is 10.0 Å². The highest BCUT2D eigenvalue weighted by Gasteiger charge is 2.48. The normalized spacial score (nSPS) is 31.5. The van der Waals surface area contributed by atoms with Crippen molar-refractivity contribution in [3.05, 3.63) is 11.8 Å². The van der Waals surface area contributed by atoms with E-state index in [1.165, 1.54) is 4.68 Å². The molecule has 140 valence electrons. The fourth-order valence-corrected chi connectivity index (χ4v) is 6.95. The third kappa shape index (κ3) is 3.25. The highest BCUT2D eigenvalue weighted by atomic mass is 32.2. The van der Waals surface area contributed by atoms with Gasteiger partial charge in [-0.1, -0.05) is 0 Å². The molecule has 0 N–H and O–H groups in total. The van der Waals surface area contributed by atoms with Crippen LogP contribution in [0.25, 0.3) is 0 Å². The number of rotatable bonds is 4. The maximum atomic E-state index is 13.2. The van der Waals surface area contributed by atoms with Crippen molar-refractivity contribution in [3.8, 4) is 0 Å². The van der Waals surface area contributed by atoms with E-state index in [1.54, 1.807) is 17.4 Å². The third-order valence-electron chi connectivity index (χ3n) is 5.88. The van der Waals surface area contributed by atoms with Crippen molar-refractivity contribution < 1.29 is 13.2 Å². The Kier molecular flexibility index (Phi) is 4.64. The van der Waals surface area contributed by atoms with Crippen LogP contribution < -0.4 is 0 Å². The monoisotopic (exact) mass is 368 g/mol. The molecule has 0 saturated carbocycles. The lowest BCUT2D eigenvalue weighted by molar-refractivity contribution is 0.0235. The molecule has 1 aromatic rings. The molecule has 0 aliphatic carbocycles. The van der Waals surface area contributed by atoms with Crippen LogP contribution in [0, 0.1) is 12.8 Å². The Hall–Kier alpha value is -0.960. The van der Waals surface area contributed by atoms with Crippen molar-refractivity contribution in [2.45, 2.75) is 49.7 Å². The van der Waals surface area contributed by atoms with Crippen molar-refractivity contribution >= 4 is 10.0 Å². The van der Waals surface area contributed by atoms with E-state index in [1.807, 2.05) is 6.92 Å². The van der Waals surface area contributed by atoms with E-state index in [4.69, 9.17) is 4.74 Å². The summed E-state index contributed by atoms with van der Waals surface area (Å²) in [4.78, 5) is 2.47. The van der Waals surface area contributed by atoms with Crippen molar-refractivity contribution in [3.63, 3.8) is 0 Å². The van der Waals surface area contributed by atoms with Crippen LogP contribution >= 0.6 is 0 Å². The second-order valence-electron chi connectivity index (χ2n) is 7.72. The molecule has 3 atom stereocenters. The van der Waals surface area contributed by atoms with E-state index < -0.39 is 10.0 Å². The van der Waals surface area contributed by atoms with Gasteiger partial charge in [-0.2, -0.15) is 9.40 Å². The van der Waals surface area contributed by atoms with Gasteiger partial charge >= 0.3 is 0 Å². The van der Waals surface area contributed by atoms with Gasteiger partial charge in [0.15, 0.2) is 5.03 Å². The van der Waals surface area contributed by atoms with E-state index in [0.717, 1.165) is 64.2 Å². The minimum absolute atomic E-state index is 0.144. The fraction of sp³-hybridized carbons (Fsp3) is 0.824. The number of nitrogens with zero attached hydrogens (tertiary/aromatic N) is 4. The van der Waals surface area contributed by atoms with Crippen LogP contribution in [0.2, 0.25) is 0 Å². The van der Waals surface area contributed by atoms with E-state index in [-0.39, 0.29) is 12.1 Å². The number of aryl methyl sites for hydroxylation is 2. The molecule has 1 unspecified atom stereocenters. The van der Waals surface area contributed by atoms with Crippen molar-refractivity contribution in [2.75, 3.05) is 32.8 Å². The van der Waals surface area contributed by atoms with E-state index >= 15 is 0 Å². The van der Waals surface area contributed by atoms with Gasteiger partial charge in [0, 0.05) is 38.8 Å². The predicted octanol–water partition coefficient (Wildman–Crippen LogP) is 0.992. The summed E-state index contributed by atoms with van der Waals surface area (Å²) in [5, 5.41) is 4.55. The summed E-state index contributed by atoms with van der Waals surface area (Å²) in [6, 6.07) is 1.98. The Balaban J connectivity index is 1.49. The summed E-state index contributed by atoms with van der Waals surface area (Å²) in [5.41, 5.74) is 0.746. The molecular weight excluding hydrogens is 340 g/mol. The molecule has 7 nitrogen and oxygen atoms in total. The van der Waals surface area contributed by atoms with Crippen LogP contribution in [-0.2, 0) is 21.8 Å². The molecule has 0 spiro atoms. The standard InChI is InChI=1S/C17H28N4O3S/c1-13-9-17(19(2)18-13)25(22,23)21-15-3-4-16(21)11-14(10-15)12-20-5-7-24-8-6-20/h9,14-16H,3-8,10-12H2,1-2H3/t14?,15-,16+. The molecule has 0 radical (unpaired) electrons. The van der Waals surface area contributed by atoms with Crippen LogP contribution in [0.4, 0.5) is 0 Å². The lowest BCUT2D eigenvalue weighted by atomic mass is 9.92. The van der Waals surface area contributed by atoms with Gasteiger partial charge in [0.2, 0.25) is 0 Å². The molecule has 3 aliphatic heterocycles. The first-order valence-corrected chi connectivity index (χ1v) is 10.7. The number of piperidine rings is 1. The van der Waals surface area contributed by atoms with E-state index in [2.05, 4.69) is 10.00 Å². The largest absolute Gasteiger partial charge is 0.379 e. The van der Waals surface area contributed by atoms with Gasteiger partial charge < -0.3 is 4.74 Å². The first kappa shape index (κ1) is 17.5. The molecular formula is C17H28N4O3S. The summed E-state index contributed by atoms with van der Waals surface area (Å²) in [6.45, 7) is 6.56. The highest BCUT2D eigenvalue weighted by Crippen LogP contribution is 2.42. The number of morpholine rings is 1. The molecule has 3 aliphatic rings. The summed E-state index contributed by atoms with van der Waals surface area (Å²) >= 11 is 0. The zero-order valence-corrected chi connectivity index (χ0v) is 15.9. The lowest BCUT2D eigenvalue weighted by Gasteiger charge is -2.40. The number of sulfonamides is 1. The number of fused-ring (bicyclic) bond motifs is 2. The Labute approximate surface area is 150 Å². The summed E-state index contributed by atoms with van der Waals surface area (Å²) < 4.78 is 35.2. The topological polar surface area (TPSA) is 67.7 Å². The third-order valence-corrected chi connectivity index (χ3v) is 7.95. The average molecular weight is 369 g/mol. The minimum Gasteiger partial charge on any atom is -0.379 e. The van der Waals surface area contributed by atoms with Crippen molar-refractivity contribution in [1.29, 1.82) is 0 Å². The Morgan fingerprint density at radius 1 is 1.20 bits per heavy atom. The molecule has 3 saturated heterocycles. The zero-order valence-electron chi connectivity index (χ0n) is 15.1. The summed E-state index contributed by atoms with van der Waals surface area (Å²) in [6.07, 6.45) is 3.93. The van der Waals surface area contributed by atoms with Gasteiger partial charge in [-0.15, -0.1) is 0 Å². The van der Waals surface area contributed by atoms with Gasteiger partial charge in [0.1, 0.15) is 0 Å². The molecule has 4 heterocycles. The molecule has 4 rings (SSSR count). The van der Waals surface area contributed by atoms with Crippen molar-refractivity contribution in [2.24, 2.45) is 13.0 Å². The zero-order chi connectivity index (χ0) is 17.6. The van der Waals surface area contributed by atoms with Crippen LogP contribution in [0.1, 0.15) is 31.4 Å². The summed E-state index contributed by atoms with van der Waals surface area (Å²) in [5.74, 6) is 0.593. The SMILES string of the molecule is Cc1cc(S(=O)(=O)N2[C@@H]3CC[C@H]2CC(CN2CCOCC2)C3)n(C)n1. The molecule has 3 fully saturated rings. The lowest BCUT2D eigenvalue weighted by Crippen LogP contribution is -2.49. The van der Waals surface area contributed by atoms with Crippen LogP contribution in [0.3, 0.4) is 0 Å². The number of hydrogen-bond acceptors (Lipinski definition) is 5. The second kappa shape index (κ2) is 6.64. The Bertz CT molecular complexity index is 712. The Morgan fingerprint density at radius 3 is 2.40 bits per heavy atom. The van der Waals surface area contributed by atoms with E-state index in [9.17, 15) is 8.42 Å². The van der Waals surface area contributed by atoms with Gasteiger partial charge in [-0.3, -0.25) is 9.58 Å². The quantitative estimate of drug-likeness (QED) is 0.793. The number of hydrogen-bond donors (Lipinski definition) is 0. The molecule has 0 amide bonds. The predicted molar refractivity (Wildman–Crippen MR) is 93.8 cm³/mol. The van der Waals surface area contributed by atoms with Crippen LogP contribution in [0.15, 0.2) is 11.1 Å². The summed E-state index contributed by atoms with van der Waals surface area (Å²) in [7, 11) is -1.75. The van der Waals surface area contributed by atoms with Gasteiger partial charge in [-0.25, -0.2) is 8.42 Å². The Morgan fingerprint density at radius 2 is 1.84 bits per heavy atom. The van der Waals surface area contributed by atoms with Gasteiger partial charge in [0.05, 0.1) is 18.9 Å². The second-order valence-corrected chi connectivity index (χ2v) is 9.51.